The van der Waals surface area contributed by atoms with Crippen molar-refractivity contribution in [1.29, 1.82) is 0 Å². The molecule has 0 unspecified atom stereocenters. The highest BCUT2D eigenvalue weighted by atomic mass is 32.2. The van der Waals surface area contributed by atoms with Gasteiger partial charge in [-0.1, -0.05) is 44.6 Å². The van der Waals surface area contributed by atoms with Crippen LogP contribution in [0, 0.1) is 0 Å². The van der Waals surface area contributed by atoms with Crippen LogP contribution in [-0.4, -0.2) is 35.0 Å². The standard InChI is InChI=1S/C22H31N5O3S/c28-31(29,30)19-13-7-12-18(14-19)24-21-15-20(23-16-8-3-1-4-9-16)26-22(27-21)25-17-10-5-2-6-11-17/h7,12-17H,1-6,8-11H2,(H,28,29,30)(H3,23,24,25,26,27). The fourth-order valence-corrected chi connectivity index (χ4v) is 4.94. The van der Waals surface area contributed by atoms with Crippen LogP contribution in [0.1, 0.15) is 64.2 Å². The van der Waals surface area contributed by atoms with E-state index in [2.05, 4.69) is 20.9 Å². The fraction of sp³-hybridized carbons (Fsp3) is 0.545. The van der Waals surface area contributed by atoms with Crippen LogP contribution in [0.5, 0.6) is 0 Å². The largest absolute Gasteiger partial charge is 0.367 e. The van der Waals surface area contributed by atoms with E-state index in [1.807, 2.05) is 6.07 Å². The molecule has 2 aliphatic rings. The maximum Gasteiger partial charge on any atom is 0.294 e. The van der Waals surface area contributed by atoms with E-state index in [1.165, 1.54) is 50.7 Å². The van der Waals surface area contributed by atoms with Crippen LogP contribution in [0.15, 0.2) is 35.2 Å². The van der Waals surface area contributed by atoms with E-state index in [9.17, 15) is 13.0 Å². The Bertz CT molecular complexity index is 948. The molecule has 0 aliphatic heterocycles. The van der Waals surface area contributed by atoms with Gasteiger partial charge in [-0.2, -0.15) is 18.4 Å². The van der Waals surface area contributed by atoms with Gasteiger partial charge in [-0.15, -0.1) is 0 Å². The maximum absolute atomic E-state index is 11.5. The lowest BCUT2D eigenvalue weighted by Gasteiger charge is -2.25. The van der Waals surface area contributed by atoms with Crippen molar-refractivity contribution < 1.29 is 13.0 Å². The number of aromatic nitrogens is 2. The van der Waals surface area contributed by atoms with E-state index >= 15 is 0 Å². The first kappa shape index (κ1) is 21.8. The predicted octanol–water partition coefficient (Wildman–Crippen LogP) is 4.96. The highest BCUT2D eigenvalue weighted by Crippen LogP contribution is 2.26. The lowest BCUT2D eigenvalue weighted by Crippen LogP contribution is -2.25. The van der Waals surface area contributed by atoms with Gasteiger partial charge in [0.2, 0.25) is 5.95 Å². The van der Waals surface area contributed by atoms with Gasteiger partial charge in [-0.25, -0.2) is 0 Å². The molecule has 1 heterocycles. The molecular weight excluding hydrogens is 414 g/mol. The number of hydrogen-bond acceptors (Lipinski definition) is 7. The average Bonchev–Trinajstić information content (AvgIpc) is 2.75. The summed E-state index contributed by atoms with van der Waals surface area (Å²) in [4.78, 5) is 9.17. The third-order valence-corrected chi connectivity index (χ3v) is 6.88. The number of benzene rings is 1. The molecule has 1 aromatic heterocycles. The number of anilines is 4. The van der Waals surface area contributed by atoms with Crippen molar-refractivity contribution in [3.05, 3.63) is 30.3 Å². The predicted molar refractivity (Wildman–Crippen MR) is 123 cm³/mol. The molecule has 0 spiro atoms. The van der Waals surface area contributed by atoms with E-state index in [-0.39, 0.29) is 4.90 Å². The van der Waals surface area contributed by atoms with Crippen molar-refractivity contribution in [3.8, 4) is 0 Å². The second-order valence-corrected chi connectivity index (χ2v) is 9.97. The summed E-state index contributed by atoms with van der Waals surface area (Å²) in [6.07, 6.45) is 11.9. The van der Waals surface area contributed by atoms with E-state index < -0.39 is 10.1 Å². The molecule has 31 heavy (non-hydrogen) atoms. The smallest absolute Gasteiger partial charge is 0.294 e. The molecule has 2 saturated carbocycles. The van der Waals surface area contributed by atoms with Crippen molar-refractivity contribution >= 4 is 33.4 Å². The highest BCUT2D eigenvalue weighted by Gasteiger charge is 2.18. The van der Waals surface area contributed by atoms with E-state index in [1.54, 1.807) is 12.1 Å². The van der Waals surface area contributed by atoms with Crippen LogP contribution in [0.4, 0.5) is 23.3 Å². The van der Waals surface area contributed by atoms with Gasteiger partial charge in [0.1, 0.15) is 11.6 Å². The molecule has 2 aliphatic carbocycles. The molecule has 0 saturated heterocycles. The van der Waals surface area contributed by atoms with Crippen LogP contribution < -0.4 is 16.0 Å². The van der Waals surface area contributed by atoms with Crippen molar-refractivity contribution in [2.75, 3.05) is 16.0 Å². The number of nitrogens with one attached hydrogen (secondary N) is 3. The summed E-state index contributed by atoms with van der Waals surface area (Å²) in [6, 6.07) is 8.68. The van der Waals surface area contributed by atoms with Gasteiger partial charge >= 0.3 is 0 Å². The van der Waals surface area contributed by atoms with Crippen molar-refractivity contribution in [3.63, 3.8) is 0 Å². The van der Waals surface area contributed by atoms with Gasteiger partial charge in [0, 0.05) is 23.8 Å². The molecule has 0 bridgehead atoms. The van der Waals surface area contributed by atoms with Gasteiger partial charge in [0.05, 0.1) is 4.90 Å². The van der Waals surface area contributed by atoms with Gasteiger partial charge in [0.25, 0.3) is 10.1 Å². The van der Waals surface area contributed by atoms with Crippen molar-refractivity contribution in [2.45, 2.75) is 81.2 Å². The Morgan fingerprint density at radius 1 is 0.806 bits per heavy atom. The van der Waals surface area contributed by atoms with Crippen LogP contribution in [0.25, 0.3) is 0 Å². The Morgan fingerprint density at radius 2 is 1.42 bits per heavy atom. The molecule has 1 aromatic carbocycles. The van der Waals surface area contributed by atoms with Crippen molar-refractivity contribution in [2.24, 2.45) is 0 Å². The average molecular weight is 446 g/mol. The second-order valence-electron chi connectivity index (χ2n) is 8.55. The molecule has 4 N–H and O–H groups in total. The molecule has 2 fully saturated rings. The summed E-state index contributed by atoms with van der Waals surface area (Å²) < 4.78 is 32.3. The minimum absolute atomic E-state index is 0.160. The minimum atomic E-state index is -4.27. The Hall–Kier alpha value is -2.39. The zero-order chi connectivity index (χ0) is 21.7. The van der Waals surface area contributed by atoms with Crippen LogP contribution >= 0.6 is 0 Å². The molecule has 0 radical (unpaired) electrons. The number of rotatable bonds is 7. The van der Waals surface area contributed by atoms with Gasteiger partial charge in [-0.05, 0) is 43.9 Å². The summed E-state index contributed by atoms with van der Waals surface area (Å²) in [5, 5.41) is 10.2. The second kappa shape index (κ2) is 9.82. The van der Waals surface area contributed by atoms with Gasteiger partial charge in [-0.3, -0.25) is 4.55 Å². The van der Waals surface area contributed by atoms with E-state index in [0.29, 0.717) is 29.5 Å². The summed E-state index contributed by atoms with van der Waals surface area (Å²) in [7, 11) is -4.27. The third-order valence-electron chi connectivity index (χ3n) is 6.03. The number of hydrogen-bond donors (Lipinski definition) is 4. The van der Waals surface area contributed by atoms with Gasteiger partial charge in [0.15, 0.2) is 0 Å². The first-order valence-electron chi connectivity index (χ1n) is 11.2. The third kappa shape index (κ3) is 6.30. The highest BCUT2D eigenvalue weighted by molar-refractivity contribution is 7.85. The summed E-state index contributed by atoms with van der Waals surface area (Å²) in [6.45, 7) is 0. The molecule has 2 aromatic rings. The quantitative estimate of drug-likeness (QED) is 0.442. The summed E-state index contributed by atoms with van der Waals surface area (Å²) >= 11 is 0. The first-order valence-corrected chi connectivity index (χ1v) is 12.7. The summed E-state index contributed by atoms with van der Waals surface area (Å²) in [5.74, 6) is 1.90. The maximum atomic E-state index is 11.5. The minimum Gasteiger partial charge on any atom is -0.367 e. The molecular formula is C22H31N5O3S. The molecule has 8 nitrogen and oxygen atoms in total. The SMILES string of the molecule is O=S(=O)(O)c1cccc(Nc2cc(NC3CCCCC3)nc(NC3CCCCC3)n2)c1. The fourth-order valence-electron chi connectivity index (χ4n) is 4.42. The molecule has 168 valence electrons. The molecule has 4 rings (SSSR count). The Morgan fingerprint density at radius 3 is 2.06 bits per heavy atom. The van der Waals surface area contributed by atoms with E-state index in [4.69, 9.17) is 4.98 Å². The van der Waals surface area contributed by atoms with Crippen LogP contribution in [0.3, 0.4) is 0 Å². The Balaban J connectivity index is 1.57. The zero-order valence-corrected chi connectivity index (χ0v) is 18.5. The van der Waals surface area contributed by atoms with Crippen molar-refractivity contribution in [1.82, 2.24) is 9.97 Å². The van der Waals surface area contributed by atoms with Crippen LogP contribution in [-0.2, 0) is 10.1 Å². The normalized spacial score (nSPS) is 18.5. The Labute approximate surface area is 184 Å². The number of nitrogens with zero attached hydrogens (tertiary/aromatic N) is 2. The Kier molecular flexibility index (Phi) is 6.92. The lowest BCUT2D eigenvalue weighted by atomic mass is 9.95. The zero-order valence-electron chi connectivity index (χ0n) is 17.7. The van der Waals surface area contributed by atoms with E-state index in [0.717, 1.165) is 31.5 Å². The molecule has 0 amide bonds. The first-order chi connectivity index (χ1) is 15.0. The van der Waals surface area contributed by atoms with Gasteiger partial charge < -0.3 is 16.0 Å². The monoisotopic (exact) mass is 445 g/mol. The lowest BCUT2D eigenvalue weighted by molar-refractivity contribution is 0.459. The molecule has 0 atom stereocenters. The molecule has 9 heteroatoms. The van der Waals surface area contributed by atoms with Crippen LogP contribution in [0.2, 0.25) is 0 Å². The topological polar surface area (TPSA) is 116 Å². The summed E-state index contributed by atoms with van der Waals surface area (Å²) in [5.41, 5.74) is 0.529.